The molecule has 202 valence electrons. The molecule has 0 atom stereocenters. The van der Waals surface area contributed by atoms with Crippen molar-refractivity contribution in [1.29, 1.82) is 0 Å². The van der Waals surface area contributed by atoms with Crippen LogP contribution in [0.5, 0.6) is 23.1 Å². The van der Waals surface area contributed by atoms with Crippen molar-refractivity contribution in [2.24, 2.45) is 12.2 Å². The van der Waals surface area contributed by atoms with Crippen LogP contribution in [0.15, 0.2) is 52.1 Å². The van der Waals surface area contributed by atoms with Crippen LogP contribution in [0.2, 0.25) is 10.0 Å². The molecule has 0 saturated heterocycles. The smallest absolute Gasteiger partial charge is 0.273 e. The first-order valence-corrected chi connectivity index (χ1v) is 12.5. The van der Waals surface area contributed by atoms with Crippen molar-refractivity contribution in [2.75, 3.05) is 19.8 Å². The van der Waals surface area contributed by atoms with E-state index in [1.54, 1.807) is 32.2 Å². The Morgan fingerprint density at radius 2 is 1.87 bits per heavy atom. The maximum atomic E-state index is 11.0. The van der Waals surface area contributed by atoms with Crippen LogP contribution in [0.4, 0.5) is 5.69 Å². The van der Waals surface area contributed by atoms with Crippen molar-refractivity contribution in [3.63, 3.8) is 0 Å². The molecule has 0 unspecified atom stereocenters. The Morgan fingerprint density at radius 3 is 2.55 bits per heavy atom. The lowest BCUT2D eigenvalue weighted by atomic mass is 10.2. The molecular formula is C24H22Cl4N4O6. The van der Waals surface area contributed by atoms with E-state index in [9.17, 15) is 10.1 Å². The van der Waals surface area contributed by atoms with E-state index in [0.717, 1.165) is 0 Å². The van der Waals surface area contributed by atoms with Crippen molar-refractivity contribution in [3.05, 3.63) is 78.4 Å². The molecule has 38 heavy (non-hydrogen) atoms. The molecule has 14 heteroatoms. The van der Waals surface area contributed by atoms with Crippen LogP contribution in [-0.4, -0.2) is 40.7 Å². The molecule has 10 nitrogen and oxygen atoms in total. The maximum Gasteiger partial charge on any atom is 0.273 e. The van der Waals surface area contributed by atoms with Crippen LogP contribution < -0.4 is 14.2 Å². The van der Waals surface area contributed by atoms with Gasteiger partial charge in [0.2, 0.25) is 5.88 Å². The van der Waals surface area contributed by atoms with Gasteiger partial charge in [-0.1, -0.05) is 57.6 Å². The first kappa shape index (κ1) is 29.4. The number of benzene rings is 2. The highest BCUT2D eigenvalue weighted by Crippen LogP contribution is 2.37. The fourth-order valence-electron chi connectivity index (χ4n) is 3.09. The summed E-state index contributed by atoms with van der Waals surface area (Å²) in [5.41, 5.74) is 1.13. The lowest BCUT2D eigenvalue weighted by molar-refractivity contribution is -0.384. The van der Waals surface area contributed by atoms with Crippen molar-refractivity contribution < 1.29 is 24.0 Å². The van der Waals surface area contributed by atoms with Crippen LogP contribution in [-0.2, 0) is 11.9 Å². The number of non-ortho nitro benzene ring substituents is 1. The Labute approximate surface area is 238 Å². The molecule has 3 aromatic rings. The van der Waals surface area contributed by atoms with E-state index in [1.165, 1.54) is 35.2 Å². The molecule has 1 aromatic heterocycles. The summed E-state index contributed by atoms with van der Waals surface area (Å²) in [6.45, 7) is 2.46. The Kier molecular flexibility index (Phi) is 10.9. The molecule has 0 aliphatic carbocycles. The Morgan fingerprint density at radius 1 is 1.13 bits per heavy atom. The third-order valence-corrected chi connectivity index (χ3v) is 5.67. The molecule has 0 radical (unpaired) electrons. The molecule has 0 saturated carbocycles. The number of nitro benzene ring substituents is 1. The number of aromatic nitrogens is 2. The van der Waals surface area contributed by atoms with Gasteiger partial charge < -0.3 is 19.0 Å². The number of ether oxygens (including phenoxy) is 3. The van der Waals surface area contributed by atoms with Gasteiger partial charge in [-0.3, -0.25) is 10.1 Å². The van der Waals surface area contributed by atoms with Crippen LogP contribution >= 0.6 is 46.4 Å². The van der Waals surface area contributed by atoms with Crippen molar-refractivity contribution >= 4 is 58.3 Å². The molecule has 0 spiro atoms. The summed E-state index contributed by atoms with van der Waals surface area (Å²) >= 11 is 23.6. The van der Waals surface area contributed by atoms with Crippen molar-refractivity contribution in [1.82, 2.24) is 9.78 Å². The topological polar surface area (TPSA) is 110 Å². The SMILES string of the molecule is Cc1nn(C)c(Oc2cccc([N+](=O)[O-])c2)c1/C=N/OCCCOc1c(Cl)cc(OCC=C(Cl)Cl)cc1Cl. The fraction of sp³-hybridized carbons (Fsp3) is 0.250. The van der Waals surface area contributed by atoms with Crippen LogP contribution in [0.25, 0.3) is 0 Å². The molecule has 0 amide bonds. The normalized spacial score (nSPS) is 10.9. The van der Waals surface area contributed by atoms with E-state index in [4.69, 9.17) is 65.5 Å². The molecule has 0 fully saturated rings. The summed E-state index contributed by atoms with van der Waals surface area (Å²) in [5.74, 6) is 1.42. The van der Waals surface area contributed by atoms with E-state index in [0.29, 0.717) is 40.8 Å². The number of hydrogen-bond donors (Lipinski definition) is 0. The first-order chi connectivity index (χ1) is 18.2. The molecule has 0 bridgehead atoms. The molecule has 0 N–H and O–H groups in total. The van der Waals surface area contributed by atoms with Gasteiger partial charge in [0, 0.05) is 31.7 Å². The second-order valence-electron chi connectivity index (χ2n) is 7.57. The number of rotatable bonds is 13. The van der Waals surface area contributed by atoms with E-state index < -0.39 is 4.92 Å². The predicted molar refractivity (Wildman–Crippen MR) is 147 cm³/mol. The monoisotopic (exact) mass is 602 g/mol. The Bertz CT molecular complexity index is 1320. The summed E-state index contributed by atoms with van der Waals surface area (Å²) in [6.07, 6.45) is 3.44. The van der Waals surface area contributed by atoms with Crippen LogP contribution in [0.1, 0.15) is 17.7 Å². The number of halogens is 4. The molecular weight excluding hydrogens is 582 g/mol. The zero-order valence-electron chi connectivity index (χ0n) is 20.2. The largest absolute Gasteiger partial charge is 0.490 e. The molecule has 3 rings (SSSR count). The minimum absolute atomic E-state index is 0.0842. The molecule has 2 aromatic carbocycles. The minimum atomic E-state index is -0.494. The van der Waals surface area contributed by atoms with Crippen LogP contribution in [0.3, 0.4) is 0 Å². The number of hydrogen-bond acceptors (Lipinski definition) is 8. The number of aryl methyl sites for hydroxylation is 2. The second-order valence-corrected chi connectivity index (χ2v) is 9.40. The van der Waals surface area contributed by atoms with E-state index in [2.05, 4.69) is 10.3 Å². The minimum Gasteiger partial charge on any atom is -0.490 e. The average Bonchev–Trinajstić information content (AvgIpc) is 3.11. The number of oxime groups is 1. The van der Waals surface area contributed by atoms with Gasteiger partial charge >= 0.3 is 0 Å². The zero-order chi connectivity index (χ0) is 27.7. The molecule has 0 aliphatic rings. The summed E-state index contributed by atoms with van der Waals surface area (Å²) in [7, 11) is 1.69. The number of nitrogens with zero attached hydrogens (tertiary/aromatic N) is 4. The van der Waals surface area contributed by atoms with Gasteiger partial charge in [-0.15, -0.1) is 0 Å². The van der Waals surface area contributed by atoms with E-state index in [-0.39, 0.29) is 40.0 Å². The van der Waals surface area contributed by atoms with Crippen molar-refractivity contribution in [3.8, 4) is 23.1 Å². The van der Waals surface area contributed by atoms with Crippen molar-refractivity contribution in [2.45, 2.75) is 13.3 Å². The first-order valence-electron chi connectivity index (χ1n) is 11.0. The summed E-state index contributed by atoms with van der Waals surface area (Å²) in [6, 6.07) is 9.00. The predicted octanol–water partition coefficient (Wildman–Crippen LogP) is 7.25. The molecule has 1 heterocycles. The van der Waals surface area contributed by atoms with Gasteiger partial charge in [0.15, 0.2) is 5.75 Å². The van der Waals surface area contributed by atoms with Gasteiger partial charge in [-0.25, -0.2) is 4.68 Å². The lowest BCUT2D eigenvalue weighted by Crippen LogP contribution is -2.03. The van der Waals surface area contributed by atoms with Gasteiger partial charge in [0.25, 0.3) is 5.69 Å². The number of nitro groups is 1. The standard InChI is InChI=1S/C24H22Cl4N4O6/c1-15-19(24(31(2)30-15)38-17-6-3-5-16(11-17)32(33)34)14-29-37-9-4-8-36-23-20(25)12-18(13-21(23)26)35-10-7-22(27)28/h3,5-7,11-14H,4,8-10H2,1-2H3/b29-14+. The van der Waals surface area contributed by atoms with Crippen LogP contribution in [0, 0.1) is 17.0 Å². The van der Waals surface area contributed by atoms with E-state index in [1.807, 2.05) is 0 Å². The highest BCUT2D eigenvalue weighted by molar-refractivity contribution is 6.55. The van der Waals surface area contributed by atoms with Gasteiger partial charge in [-0.05, 0) is 19.1 Å². The third-order valence-electron chi connectivity index (χ3n) is 4.80. The van der Waals surface area contributed by atoms with E-state index >= 15 is 0 Å². The van der Waals surface area contributed by atoms with Gasteiger partial charge in [0.1, 0.15) is 29.2 Å². The van der Waals surface area contributed by atoms with Gasteiger partial charge in [-0.2, -0.15) is 5.10 Å². The average molecular weight is 604 g/mol. The maximum absolute atomic E-state index is 11.0. The van der Waals surface area contributed by atoms with Gasteiger partial charge in [0.05, 0.1) is 45.1 Å². The second kappa shape index (κ2) is 14.1. The summed E-state index contributed by atoms with van der Waals surface area (Å²) < 4.78 is 18.6. The Hall–Kier alpha value is -3.18. The molecule has 0 aliphatic heterocycles. The summed E-state index contributed by atoms with van der Waals surface area (Å²) in [5, 5.41) is 19.9. The lowest BCUT2D eigenvalue weighted by Gasteiger charge is -2.12. The highest BCUT2D eigenvalue weighted by atomic mass is 35.5. The third kappa shape index (κ3) is 8.42. The fourth-order valence-corrected chi connectivity index (χ4v) is 3.80. The zero-order valence-corrected chi connectivity index (χ0v) is 23.2. The summed E-state index contributed by atoms with van der Waals surface area (Å²) in [4.78, 5) is 15.9. The quantitative estimate of drug-likeness (QED) is 0.0875. The highest BCUT2D eigenvalue weighted by Gasteiger charge is 2.16. The Balaban J connectivity index is 1.51.